The third-order valence-electron chi connectivity index (χ3n) is 5.75. The van der Waals surface area contributed by atoms with Gasteiger partial charge >= 0.3 is 5.69 Å². The molecule has 0 spiro atoms. The fraction of sp³-hybridized carbons (Fsp3) is 0.375. The van der Waals surface area contributed by atoms with E-state index in [9.17, 15) is 13.6 Å². The molecule has 0 fully saturated rings. The van der Waals surface area contributed by atoms with Gasteiger partial charge in [-0.25, -0.2) is 23.5 Å². The first-order chi connectivity index (χ1) is 17.6. The molecule has 0 saturated heterocycles. The minimum atomic E-state index is -1.31. The maximum absolute atomic E-state index is 13.8. The summed E-state index contributed by atoms with van der Waals surface area (Å²) in [6.07, 6.45) is 3.63. The first kappa shape index (κ1) is 26.4. The van der Waals surface area contributed by atoms with Gasteiger partial charge in [0.25, 0.3) is 0 Å². The second-order valence-electron chi connectivity index (χ2n) is 9.74. The zero-order valence-electron chi connectivity index (χ0n) is 21.3. The minimum Gasteiger partial charge on any atom is -0.480 e. The lowest BCUT2D eigenvalue weighted by molar-refractivity contribution is 0.0870. The highest BCUT2D eigenvalue weighted by Gasteiger charge is 2.23. The number of rotatable bonds is 10. The van der Waals surface area contributed by atoms with Gasteiger partial charge in [0.2, 0.25) is 11.8 Å². The summed E-state index contributed by atoms with van der Waals surface area (Å²) in [6, 6.07) is 4.38. The molecule has 0 aromatic carbocycles. The molecule has 4 heterocycles. The van der Waals surface area contributed by atoms with E-state index in [2.05, 4.69) is 44.9 Å². The smallest absolute Gasteiger partial charge is 0.332 e. The lowest BCUT2D eigenvalue weighted by Crippen LogP contribution is -2.29. The summed E-state index contributed by atoms with van der Waals surface area (Å²) in [6.45, 7) is 9.06. The Morgan fingerprint density at radius 2 is 1.84 bits per heavy atom. The van der Waals surface area contributed by atoms with Crippen LogP contribution in [0.1, 0.15) is 18.7 Å². The summed E-state index contributed by atoms with van der Waals surface area (Å²) in [5, 5.41) is 2.90. The van der Waals surface area contributed by atoms with Gasteiger partial charge in [-0.15, -0.1) is 0 Å². The number of hydrogen-bond donors (Lipinski definition) is 1. The average Bonchev–Trinajstić information content (AvgIpc) is 3.12. The Bertz CT molecular complexity index is 1450. The molecule has 0 radical (unpaired) electrons. The van der Waals surface area contributed by atoms with Gasteiger partial charge in [0, 0.05) is 20.7 Å². The molecule has 0 bridgehead atoms. The number of anilines is 2. The standard InChI is InChI=1S/C24H29F2N7O3Si/c1-15(18-7-6-16(25)11-27-18)33-21-20(32(24(33)34)14-36-8-9-37(3,4)5)13-29-23(31-21)30-19-10-17(26)12-28-22(19)35-2/h6-7,10-13,15H,8-9,14H2,1-5H3,(H,29,30,31). The van der Waals surface area contributed by atoms with Crippen molar-refractivity contribution in [2.75, 3.05) is 19.0 Å². The van der Waals surface area contributed by atoms with Gasteiger partial charge in [0.1, 0.15) is 29.6 Å². The van der Waals surface area contributed by atoms with E-state index < -0.39 is 25.8 Å². The largest absolute Gasteiger partial charge is 0.480 e. The molecular formula is C24H29F2N7O3Si. The molecule has 1 N–H and O–H groups in total. The van der Waals surface area contributed by atoms with Crippen LogP contribution in [0.25, 0.3) is 11.2 Å². The molecule has 0 aliphatic heterocycles. The van der Waals surface area contributed by atoms with E-state index in [1.54, 1.807) is 6.92 Å². The van der Waals surface area contributed by atoms with E-state index >= 15 is 0 Å². The maximum atomic E-state index is 13.8. The molecule has 4 aromatic heterocycles. The highest BCUT2D eigenvalue weighted by molar-refractivity contribution is 6.76. The highest BCUT2D eigenvalue weighted by atomic mass is 28.3. The number of nitrogens with zero attached hydrogens (tertiary/aromatic N) is 6. The van der Waals surface area contributed by atoms with Gasteiger partial charge in [0.15, 0.2) is 5.65 Å². The van der Waals surface area contributed by atoms with Crippen molar-refractivity contribution >= 4 is 30.9 Å². The minimum absolute atomic E-state index is 0.0220. The Hall–Kier alpha value is -3.71. The summed E-state index contributed by atoms with van der Waals surface area (Å²) in [7, 11) is 0.0973. The molecule has 4 aromatic rings. The Kier molecular flexibility index (Phi) is 7.64. The number of imidazole rings is 1. The van der Waals surface area contributed by atoms with Crippen molar-refractivity contribution in [3.8, 4) is 5.88 Å². The van der Waals surface area contributed by atoms with Crippen LogP contribution >= 0.6 is 0 Å². The molecule has 196 valence electrons. The Labute approximate surface area is 213 Å². The van der Waals surface area contributed by atoms with E-state index in [1.807, 2.05) is 0 Å². The number of halogens is 2. The fourth-order valence-electron chi connectivity index (χ4n) is 3.69. The van der Waals surface area contributed by atoms with Gasteiger partial charge in [-0.2, -0.15) is 4.98 Å². The average molecular weight is 530 g/mol. The summed E-state index contributed by atoms with van der Waals surface area (Å²) in [5.74, 6) is -0.797. The number of pyridine rings is 2. The van der Waals surface area contributed by atoms with Crippen molar-refractivity contribution in [1.29, 1.82) is 0 Å². The van der Waals surface area contributed by atoms with Crippen LogP contribution in [0.5, 0.6) is 5.88 Å². The Morgan fingerprint density at radius 3 is 2.51 bits per heavy atom. The monoisotopic (exact) mass is 529 g/mol. The molecule has 4 rings (SSSR count). The topological polar surface area (TPSA) is 109 Å². The molecule has 0 aliphatic rings. The fourth-order valence-corrected chi connectivity index (χ4v) is 4.45. The number of nitrogens with one attached hydrogen (secondary N) is 1. The molecule has 0 aliphatic carbocycles. The highest BCUT2D eigenvalue weighted by Crippen LogP contribution is 2.26. The predicted octanol–water partition coefficient (Wildman–Crippen LogP) is 4.34. The molecule has 0 amide bonds. The number of ether oxygens (including phenoxy) is 2. The molecule has 10 nitrogen and oxygen atoms in total. The first-order valence-electron chi connectivity index (χ1n) is 11.7. The molecule has 37 heavy (non-hydrogen) atoms. The van der Waals surface area contributed by atoms with Crippen molar-refractivity contribution in [3.05, 3.63) is 64.6 Å². The second kappa shape index (κ2) is 10.7. The van der Waals surface area contributed by atoms with Crippen LogP contribution < -0.4 is 15.7 Å². The van der Waals surface area contributed by atoms with Crippen molar-refractivity contribution in [3.63, 3.8) is 0 Å². The number of hydrogen-bond acceptors (Lipinski definition) is 8. The molecule has 1 atom stereocenters. The van der Waals surface area contributed by atoms with Crippen LogP contribution in [-0.4, -0.2) is 50.9 Å². The third kappa shape index (κ3) is 5.99. The van der Waals surface area contributed by atoms with Crippen LogP contribution in [0, 0.1) is 11.6 Å². The quantitative estimate of drug-likeness (QED) is 0.239. The zero-order chi connectivity index (χ0) is 26.7. The summed E-state index contributed by atoms with van der Waals surface area (Å²) in [5.41, 5.74) is 1.07. The zero-order valence-corrected chi connectivity index (χ0v) is 22.3. The maximum Gasteiger partial charge on any atom is 0.332 e. The Morgan fingerprint density at radius 1 is 1.08 bits per heavy atom. The second-order valence-corrected chi connectivity index (χ2v) is 15.4. The third-order valence-corrected chi connectivity index (χ3v) is 7.45. The number of fused-ring (bicyclic) bond motifs is 1. The number of aromatic nitrogens is 6. The summed E-state index contributed by atoms with van der Waals surface area (Å²) in [4.78, 5) is 30.5. The normalized spacial score (nSPS) is 12.6. The van der Waals surface area contributed by atoms with Crippen molar-refractivity contribution in [2.45, 2.75) is 45.4 Å². The summed E-state index contributed by atoms with van der Waals surface area (Å²) >= 11 is 0. The van der Waals surface area contributed by atoms with Crippen LogP contribution in [0.2, 0.25) is 25.7 Å². The van der Waals surface area contributed by atoms with Crippen LogP contribution in [0.4, 0.5) is 20.4 Å². The summed E-state index contributed by atoms with van der Waals surface area (Å²) < 4.78 is 41.2. The van der Waals surface area contributed by atoms with E-state index in [-0.39, 0.29) is 29.9 Å². The SMILES string of the molecule is COc1ncc(F)cc1Nc1ncc2c(n1)n(C(C)c1ccc(F)cn1)c(=O)n2COCC[Si](C)(C)C. The van der Waals surface area contributed by atoms with E-state index in [0.29, 0.717) is 23.5 Å². The van der Waals surface area contributed by atoms with Gasteiger partial charge in [-0.05, 0) is 25.1 Å². The van der Waals surface area contributed by atoms with Gasteiger partial charge in [-0.3, -0.25) is 14.1 Å². The van der Waals surface area contributed by atoms with E-state index in [1.165, 1.54) is 40.6 Å². The lowest BCUT2D eigenvalue weighted by Gasteiger charge is -2.15. The van der Waals surface area contributed by atoms with Crippen LogP contribution in [-0.2, 0) is 11.5 Å². The van der Waals surface area contributed by atoms with Crippen molar-refractivity contribution < 1.29 is 18.3 Å². The first-order valence-corrected chi connectivity index (χ1v) is 15.4. The van der Waals surface area contributed by atoms with Crippen LogP contribution in [0.15, 0.2) is 41.6 Å². The van der Waals surface area contributed by atoms with Gasteiger partial charge < -0.3 is 14.8 Å². The predicted molar refractivity (Wildman–Crippen MR) is 138 cm³/mol. The van der Waals surface area contributed by atoms with Gasteiger partial charge in [-0.1, -0.05) is 19.6 Å². The van der Waals surface area contributed by atoms with Gasteiger partial charge in [0.05, 0.1) is 37.4 Å². The van der Waals surface area contributed by atoms with Crippen LogP contribution in [0.3, 0.4) is 0 Å². The van der Waals surface area contributed by atoms with Crippen molar-refractivity contribution in [1.82, 2.24) is 29.1 Å². The number of methoxy groups -OCH3 is 1. The molecule has 0 saturated carbocycles. The van der Waals surface area contributed by atoms with E-state index in [0.717, 1.165) is 18.4 Å². The lowest BCUT2D eigenvalue weighted by atomic mass is 10.2. The Balaban J connectivity index is 1.76. The van der Waals surface area contributed by atoms with Crippen molar-refractivity contribution in [2.24, 2.45) is 0 Å². The molecular weight excluding hydrogens is 500 g/mol. The molecule has 13 heteroatoms. The molecule has 1 unspecified atom stereocenters. The van der Waals surface area contributed by atoms with E-state index in [4.69, 9.17) is 9.47 Å².